The van der Waals surface area contributed by atoms with E-state index in [2.05, 4.69) is 28.6 Å². The third kappa shape index (κ3) is 7.68. The van der Waals surface area contributed by atoms with E-state index < -0.39 is 9.84 Å². The van der Waals surface area contributed by atoms with Crippen LogP contribution in [0.15, 0.2) is 23.2 Å². The Balaban J connectivity index is 2.49. The number of hydrogen-bond donors (Lipinski definition) is 2. The maximum absolute atomic E-state index is 11.2. The highest BCUT2D eigenvalue weighted by molar-refractivity contribution is 7.90. The molecular weight excluding hydrogens is 326 g/mol. The standard InChI is InChI=1S/C17H29N3O3S/c1-13-6-7-16(23-4)15(12-13)8-10-19-17(18-3)20-14(2)9-11-24(5,21)22/h6-7,12,14H,8-11H2,1-5H3,(H2,18,19,20). The lowest BCUT2D eigenvalue weighted by Gasteiger charge is -2.18. The summed E-state index contributed by atoms with van der Waals surface area (Å²) in [6.07, 6.45) is 2.61. The second-order valence-corrected chi connectivity index (χ2v) is 8.29. The Morgan fingerprint density at radius 2 is 2.08 bits per heavy atom. The Morgan fingerprint density at radius 3 is 2.67 bits per heavy atom. The number of aliphatic imine (C=N–C) groups is 1. The maximum Gasteiger partial charge on any atom is 0.191 e. The van der Waals surface area contributed by atoms with Crippen LogP contribution in [0, 0.1) is 6.92 Å². The molecule has 1 rings (SSSR count). The van der Waals surface area contributed by atoms with E-state index in [4.69, 9.17) is 4.74 Å². The number of guanidine groups is 1. The molecule has 0 aromatic heterocycles. The minimum Gasteiger partial charge on any atom is -0.496 e. The summed E-state index contributed by atoms with van der Waals surface area (Å²) in [4.78, 5) is 4.18. The van der Waals surface area contributed by atoms with Crippen LogP contribution in [-0.2, 0) is 16.3 Å². The quantitative estimate of drug-likeness (QED) is 0.546. The molecule has 0 saturated carbocycles. The van der Waals surface area contributed by atoms with Crippen molar-refractivity contribution in [3.63, 3.8) is 0 Å². The maximum atomic E-state index is 11.2. The molecule has 1 aromatic carbocycles. The molecule has 1 unspecified atom stereocenters. The van der Waals surface area contributed by atoms with Gasteiger partial charge in [-0.3, -0.25) is 4.99 Å². The Hall–Kier alpha value is -1.76. The van der Waals surface area contributed by atoms with Gasteiger partial charge in [0.25, 0.3) is 0 Å². The molecule has 0 amide bonds. The summed E-state index contributed by atoms with van der Waals surface area (Å²) in [5.41, 5.74) is 2.34. The molecular formula is C17H29N3O3S. The van der Waals surface area contributed by atoms with Crippen LogP contribution in [-0.4, -0.2) is 53.1 Å². The van der Waals surface area contributed by atoms with E-state index in [1.54, 1.807) is 14.2 Å². The Morgan fingerprint density at radius 1 is 1.38 bits per heavy atom. The first-order valence-corrected chi connectivity index (χ1v) is 10.1. The number of aryl methyl sites for hydroxylation is 1. The first kappa shape index (κ1) is 20.3. The Kier molecular flexibility index (Phi) is 8.04. The molecule has 0 aliphatic carbocycles. The molecule has 2 N–H and O–H groups in total. The second-order valence-electron chi connectivity index (χ2n) is 6.03. The lowest BCUT2D eigenvalue weighted by molar-refractivity contribution is 0.409. The van der Waals surface area contributed by atoms with Crippen molar-refractivity contribution in [1.29, 1.82) is 0 Å². The molecule has 0 fully saturated rings. The fourth-order valence-corrected chi connectivity index (χ4v) is 3.09. The molecule has 7 heteroatoms. The molecule has 0 aliphatic rings. The van der Waals surface area contributed by atoms with Gasteiger partial charge in [-0.2, -0.15) is 0 Å². The number of hydrogen-bond acceptors (Lipinski definition) is 4. The van der Waals surface area contributed by atoms with Crippen molar-refractivity contribution >= 4 is 15.8 Å². The molecule has 1 atom stereocenters. The highest BCUT2D eigenvalue weighted by Crippen LogP contribution is 2.19. The van der Waals surface area contributed by atoms with Crippen LogP contribution in [0.5, 0.6) is 5.75 Å². The number of nitrogens with one attached hydrogen (secondary N) is 2. The van der Waals surface area contributed by atoms with Gasteiger partial charge in [0, 0.05) is 25.9 Å². The van der Waals surface area contributed by atoms with Gasteiger partial charge in [0.15, 0.2) is 5.96 Å². The summed E-state index contributed by atoms with van der Waals surface area (Å²) in [7, 11) is 0.432. The molecule has 0 heterocycles. The molecule has 0 aliphatic heterocycles. The predicted octanol–water partition coefficient (Wildman–Crippen LogP) is 1.53. The van der Waals surface area contributed by atoms with Gasteiger partial charge in [0.05, 0.1) is 12.9 Å². The van der Waals surface area contributed by atoms with Crippen LogP contribution in [0.25, 0.3) is 0 Å². The van der Waals surface area contributed by atoms with Crippen molar-refractivity contribution in [2.24, 2.45) is 4.99 Å². The number of nitrogens with zero attached hydrogens (tertiary/aromatic N) is 1. The average molecular weight is 356 g/mol. The van der Waals surface area contributed by atoms with Crippen LogP contribution in [0.3, 0.4) is 0 Å². The van der Waals surface area contributed by atoms with Crippen molar-refractivity contribution in [2.45, 2.75) is 32.7 Å². The van der Waals surface area contributed by atoms with Crippen LogP contribution in [0.4, 0.5) is 0 Å². The second kappa shape index (κ2) is 9.52. The summed E-state index contributed by atoms with van der Waals surface area (Å²) >= 11 is 0. The van der Waals surface area contributed by atoms with Crippen molar-refractivity contribution in [3.8, 4) is 5.75 Å². The fraction of sp³-hybridized carbons (Fsp3) is 0.588. The van der Waals surface area contributed by atoms with Crippen LogP contribution in [0.2, 0.25) is 0 Å². The third-order valence-corrected chi connectivity index (χ3v) is 4.63. The van der Waals surface area contributed by atoms with E-state index in [0.29, 0.717) is 18.9 Å². The Labute approximate surface area is 145 Å². The smallest absolute Gasteiger partial charge is 0.191 e. The molecule has 136 valence electrons. The third-order valence-electron chi connectivity index (χ3n) is 3.65. The van der Waals surface area contributed by atoms with Crippen molar-refractivity contribution in [1.82, 2.24) is 10.6 Å². The van der Waals surface area contributed by atoms with Gasteiger partial charge in [0.2, 0.25) is 0 Å². The van der Waals surface area contributed by atoms with E-state index in [9.17, 15) is 8.42 Å². The highest BCUT2D eigenvalue weighted by Gasteiger charge is 2.10. The van der Waals surface area contributed by atoms with Crippen molar-refractivity contribution in [2.75, 3.05) is 32.7 Å². The fourth-order valence-electron chi connectivity index (χ4n) is 2.31. The molecule has 0 radical (unpaired) electrons. The lowest BCUT2D eigenvalue weighted by atomic mass is 10.1. The minimum absolute atomic E-state index is 0.0273. The summed E-state index contributed by atoms with van der Waals surface area (Å²) in [5.74, 6) is 1.72. The molecule has 6 nitrogen and oxygen atoms in total. The molecule has 1 aromatic rings. The van der Waals surface area contributed by atoms with Gasteiger partial charge in [-0.05, 0) is 38.3 Å². The Bertz CT molecular complexity index is 657. The summed E-state index contributed by atoms with van der Waals surface area (Å²) in [6.45, 7) is 4.71. The lowest BCUT2D eigenvalue weighted by Crippen LogP contribution is -2.43. The van der Waals surface area contributed by atoms with Gasteiger partial charge in [-0.1, -0.05) is 17.7 Å². The normalized spacial score (nSPS) is 13.5. The van der Waals surface area contributed by atoms with Gasteiger partial charge < -0.3 is 15.4 Å². The van der Waals surface area contributed by atoms with E-state index >= 15 is 0 Å². The monoisotopic (exact) mass is 355 g/mol. The van der Waals surface area contributed by atoms with E-state index in [1.165, 1.54) is 11.8 Å². The number of sulfone groups is 1. The van der Waals surface area contributed by atoms with Crippen LogP contribution >= 0.6 is 0 Å². The zero-order valence-electron chi connectivity index (χ0n) is 15.2. The van der Waals surface area contributed by atoms with Gasteiger partial charge in [-0.25, -0.2) is 8.42 Å². The number of ether oxygens (including phenoxy) is 1. The van der Waals surface area contributed by atoms with Crippen molar-refractivity contribution in [3.05, 3.63) is 29.3 Å². The van der Waals surface area contributed by atoms with Gasteiger partial charge in [0.1, 0.15) is 15.6 Å². The van der Waals surface area contributed by atoms with E-state index in [-0.39, 0.29) is 11.8 Å². The SMILES string of the molecule is CN=C(NCCc1cc(C)ccc1OC)NC(C)CCS(C)(=O)=O. The van der Waals surface area contributed by atoms with Crippen LogP contribution in [0.1, 0.15) is 24.5 Å². The number of methoxy groups -OCH3 is 1. The highest BCUT2D eigenvalue weighted by atomic mass is 32.2. The number of benzene rings is 1. The van der Waals surface area contributed by atoms with E-state index in [0.717, 1.165) is 17.7 Å². The molecule has 24 heavy (non-hydrogen) atoms. The zero-order valence-corrected chi connectivity index (χ0v) is 16.0. The molecule has 0 saturated heterocycles. The summed E-state index contributed by atoms with van der Waals surface area (Å²) in [5, 5.41) is 6.46. The van der Waals surface area contributed by atoms with Gasteiger partial charge in [-0.15, -0.1) is 0 Å². The summed E-state index contributed by atoms with van der Waals surface area (Å²) in [6, 6.07) is 6.15. The van der Waals surface area contributed by atoms with Gasteiger partial charge >= 0.3 is 0 Å². The van der Waals surface area contributed by atoms with E-state index in [1.807, 2.05) is 19.1 Å². The molecule has 0 bridgehead atoms. The minimum atomic E-state index is -2.94. The van der Waals surface area contributed by atoms with Crippen LogP contribution < -0.4 is 15.4 Å². The van der Waals surface area contributed by atoms with Crippen molar-refractivity contribution < 1.29 is 13.2 Å². The first-order chi connectivity index (χ1) is 11.2. The molecule has 0 spiro atoms. The topological polar surface area (TPSA) is 79.8 Å². The largest absolute Gasteiger partial charge is 0.496 e. The first-order valence-electron chi connectivity index (χ1n) is 8.03. The zero-order chi connectivity index (χ0) is 18.2. The number of rotatable bonds is 8. The predicted molar refractivity (Wildman–Crippen MR) is 99.7 cm³/mol. The summed E-state index contributed by atoms with van der Waals surface area (Å²) < 4.78 is 27.8. The average Bonchev–Trinajstić information content (AvgIpc) is 2.51.